The monoisotopic (exact) mass is 355 g/mol. The predicted molar refractivity (Wildman–Crippen MR) is 105 cm³/mol. The highest BCUT2D eigenvalue weighted by Crippen LogP contribution is 2.33. The molecule has 0 amide bonds. The zero-order valence-electron chi connectivity index (χ0n) is 16.0. The number of fused-ring (bicyclic) bond motifs is 1. The van der Waals surface area contributed by atoms with E-state index in [0.29, 0.717) is 28.9 Å². The Hall–Kier alpha value is -2.20. The highest BCUT2D eigenvalue weighted by atomic mass is 16.5. The first kappa shape index (κ1) is 20.1. The average Bonchev–Trinajstić information content (AvgIpc) is 2.66. The Labute approximate surface area is 155 Å². The van der Waals surface area contributed by atoms with Gasteiger partial charge in [0.1, 0.15) is 11.9 Å². The van der Waals surface area contributed by atoms with Gasteiger partial charge in [0, 0.05) is 17.4 Å². The molecule has 140 valence electrons. The number of esters is 1. The standard InChI is InChI=1S/C22H29NO3/c1-4-6-7-8-9-10-15-19(24)21-16(3)22(26-20(25)5-2)17-13-11-12-14-18(17)23-21/h10-15,19,24H,4-9H2,1-3H3/b15-10+. The fourth-order valence-electron chi connectivity index (χ4n) is 2.91. The molecule has 1 N–H and O–H groups in total. The van der Waals surface area contributed by atoms with Crippen LogP contribution >= 0.6 is 0 Å². The summed E-state index contributed by atoms with van der Waals surface area (Å²) in [5, 5.41) is 11.4. The molecule has 0 fully saturated rings. The third-order valence-electron chi connectivity index (χ3n) is 4.44. The van der Waals surface area contributed by atoms with E-state index in [0.717, 1.165) is 18.2 Å². The minimum Gasteiger partial charge on any atom is -0.425 e. The zero-order chi connectivity index (χ0) is 18.9. The maximum absolute atomic E-state index is 11.8. The van der Waals surface area contributed by atoms with Crippen LogP contribution in [0, 0.1) is 6.92 Å². The Bertz CT molecular complexity index is 767. The lowest BCUT2D eigenvalue weighted by Crippen LogP contribution is -2.10. The van der Waals surface area contributed by atoms with Gasteiger partial charge in [-0.2, -0.15) is 0 Å². The average molecular weight is 355 g/mol. The number of allylic oxidation sites excluding steroid dienone is 1. The number of para-hydroxylation sites is 1. The summed E-state index contributed by atoms with van der Waals surface area (Å²) in [4.78, 5) is 16.4. The number of nitrogens with zero attached hydrogens (tertiary/aromatic N) is 1. The Balaban J connectivity index is 2.27. The van der Waals surface area contributed by atoms with Crippen molar-refractivity contribution in [2.24, 2.45) is 0 Å². The zero-order valence-corrected chi connectivity index (χ0v) is 16.0. The third-order valence-corrected chi connectivity index (χ3v) is 4.44. The first-order chi connectivity index (χ1) is 12.6. The van der Waals surface area contributed by atoms with Crippen molar-refractivity contribution in [3.8, 4) is 5.75 Å². The van der Waals surface area contributed by atoms with Crippen molar-refractivity contribution in [2.75, 3.05) is 0 Å². The topological polar surface area (TPSA) is 59.4 Å². The van der Waals surface area contributed by atoms with Crippen LogP contribution in [0.2, 0.25) is 0 Å². The first-order valence-corrected chi connectivity index (χ1v) is 9.53. The van der Waals surface area contributed by atoms with Crippen LogP contribution in [-0.2, 0) is 4.79 Å². The normalized spacial score (nSPS) is 12.6. The number of hydrogen-bond donors (Lipinski definition) is 1. The summed E-state index contributed by atoms with van der Waals surface area (Å²) in [7, 11) is 0. The van der Waals surface area contributed by atoms with Crippen molar-refractivity contribution >= 4 is 16.9 Å². The van der Waals surface area contributed by atoms with E-state index in [1.807, 2.05) is 37.3 Å². The molecule has 4 heteroatoms. The van der Waals surface area contributed by atoms with E-state index in [1.165, 1.54) is 19.3 Å². The van der Waals surface area contributed by atoms with Crippen molar-refractivity contribution in [3.05, 3.63) is 47.7 Å². The van der Waals surface area contributed by atoms with Crippen LogP contribution in [-0.4, -0.2) is 16.1 Å². The largest absolute Gasteiger partial charge is 0.425 e. The third kappa shape index (κ3) is 5.15. The molecule has 1 atom stereocenters. The Morgan fingerprint density at radius 1 is 1.23 bits per heavy atom. The minimum absolute atomic E-state index is 0.295. The molecule has 1 aromatic heterocycles. The number of carbonyl (C=O) groups is 1. The first-order valence-electron chi connectivity index (χ1n) is 9.53. The molecule has 0 saturated carbocycles. The Kier molecular flexibility index (Phi) is 7.79. The van der Waals surface area contributed by atoms with Crippen LogP contribution in [0.5, 0.6) is 5.75 Å². The maximum Gasteiger partial charge on any atom is 0.310 e. The second-order valence-corrected chi connectivity index (χ2v) is 6.52. The summed E-state index contributed by atoms with van der Waals surface area (Å²) < 4.78 is 5.55. The summed E-state index contributed by atoms with van der Waals surface area (Å²) >= 11 is 0. The smallest absolute Gasteiger partial charge is 0.310 e. The van der Waals surface area contributed by atoms with E-state index < -0.39 is 6.10 Å². The lowest BCUT2D eigenvalue weighted by molar-refractivity contribution is -0.133. The molecule has 1 unspecified atom stereocenters. The van der Waals surface area contributed by atoms with Crippen molar-refractivity contribution in [3.63, 3.8) is 0 Å². The number of rotatable bonds is 9. The van der Waals surface area contributed by atoms with E-state index in [9.17, 15) is 9.90 Å². The number of ether oxygens (including phenoxy) is 1. The van der Waals surface area contributed by atoms with Gasteiger partial charge >= 0.3 is 5.97 Å². The predicted octanol–water partition coefficient (Wildman–Crippen LogP) is 5.42. The van der Waals surface area contributed by atoms with Crippen molar-refractivity contribution in [2.45, 2.75) is 65.4 Å². The van der Waals surface area contributed by atoms with Crippen LogP contribution in [0.3, 0.4) is 0 Å². The number of aromatic nitrogens is 1. The maximum atomic E-state index is 11.8. The van der Waals surface area contributed by atoms with Crippen LogP contribution in [0.25, 0.3) is 10.9 Å². The second-order valence-electron chi connectivity index (χ2n) is 6.52. The molecule has 0 spiro atoms. The SMILES string of the molecule is CCCCCC/C=C/C(O)c1nc2ccccc2c(OC(=O)CC)c1C. The molecule has 0 aliphatic rings. The van der Waals surface area contributed by atoms with Gasteiger partial charge in [-0.25, -0.2) is 4.98 Å². The molecule has 0 saturated heterocycles. The fraction of sp³-hybridized carbons (Fsp3) is 0.455. The number of hydrogen-bond acceptors (Lipinski definition) is 4. The number of unbranched alkanes of at least 4 members (excludes halogenated alkanes) is 4. The van der Waals surface area contributed by atoms with Gasteiger partial charge in [0.15, 0.2) is 0 Å². The highest BCUT2D eigenvalue weighted by Gasteiger charge is 2.18. The molecule has 0 aliphatic carbocycles. The Morgan fingerprint density at radius 2 is 2.00 bits per heavy atom. The lowest BCUT2D eigenvalue weighted by Gasteiger charge is -2.16. The molecule has 4 nitrogen and oxygen atoms in total. The summed E-state index contributed by atoms with van der Waals surface area (Å²) in [5.41, 5.74) is 1.95. The van der Waals surface area contributed by atoms with Gasteiger partial charge in [0.25, 0.3) is 0 Å². The van der Waals surface area contributed by atoms with E-state index in [1.54, 1.807) is 13.0 Å². The van der Waals surface area contributed by atoms with Gasteiger partial charge in [0.05, 0.1) is 11.2 Å². The van der Waals surface area contributed by atoms with E-state index in [-0.39, 0.29) is 5.97 Å². The van der Waals surface area contributed by atoms with Gasteiger partial charge in [-0.3, -0.25) is 4.79 Å². The lowest BCUT2D eigenvalue weighted by atomic mass is 10.0. The van der Waals surface area contributed by atoms with Gasteiger partial charge in [-0.1, -0.05) is 57.4 Å². The number of carbonyl (C=O) groups excluding carboxylic acids is 1. The minimum atomic E-state index is -0.815. The van der Waals surface area contributed by atoms with Gasteiger partial charge in [-0.15, -0.1) is 0 Å². The summed E-state index contributed by atoms with van der Waals surface area (Å²) in [6.45, 7) is 5.79. The molecule has 26 heavy (non-hydrogen) atoms. The summed E-state index contributed by atoms with van der Waals surface area (Å²) in [5.74, 6) is 0.198. The van der Waals surface area contributed by atoms with E-state index in [2.05, 4.69) is 11.9 Å². The van der Waals surface area contributed by atoms with E-state index in [4.69, 9.17) is 4.74 Å². The van der Waals surface area contributed by atoms with Crippen LogP contribution < -0.4 is 4.74 Å². The molecule has 2 rings (SSSR count). The fourth-order valence-corrected chi connectivity index (χ4v) is 2.91. The summed E-state index contributed by atoms with van der Waals surface area (Å²) in [6, 6.07) is 7.52. The van der Waals surface area contributed by atoms with Gasteiger partial charge in [0.2, 0.25) is 0 Å². The van der Waals surface area contributed by atoms with Crippen LogP contribution in [0.4, 0.5) is 0 Å². The molecular weight excluding hydrogens is 326 g/mol. The van der Waals surface area contributed by atoms with E-state index >= 15 is 0 Å². The van der Waals surface area contributed by atoms with Crippen molar-refractivity contribution < 1.29 is 14.6 Å². The van der Waals surface area contributed by atoms with Crippen LogP contribution in [0.1, 0.15) is 69.7 Å². The number of pyridine rings is 1. The quantitative estimate of drug-likeness (QED) is 0.371. The molecule has 2 aromatic rings. The molecule has 1 aromatic carbocycles. The number of aliphatic hydroxyl groups is 1. The number of aliphatic hydroxyl groups excluding tert-OH is 1. The highest BCUT2D eigenvalue weighted by molar-refractivity contribution is 5.89. The van der Waals surface area contributed by atoms with Gasteiger partial charge in [-0.05, 0) is 31.9 Å². The molecule has 0 radical (unpaired) electrons. The number of benzene rings is 1. The van der Waals surface area contributed by atoms with Crippen molar-refractivity contribution in [1.29, 1.82) is 0 Å². The molecule has 0 bridgehead atoms. The summed E-state index contributed by atoms with van der Waals surface area (Å²) in [6.07, 6.45) is 9.01. The van der Waals surface area contributed by atoms with Gasteiger partial charge < -0.3 is 9.84 Å². The second kappa shape index (κ2) is 10.1. The van der Waals surface area contributed by atoms with Crippen molar-refractivity contribution in [1.82, 2.24) is 4.98 Å². The molecule has 1 heterocycles. The molecular formula is C22H29NO3. The Morgan fingerprint density at radius 3 is 2.73 bits per heavy atom. The molecule has 0 aliphatic heterocycles. The van der Waals surface area contributed by atoms with Crippen LogP contribution in [0.15, 0.2) is 36.4 Å².